The second-order valence-electron chi connectivity index (χ2n) is 4.61. The molecule has 3 rings (SSSR count). The average Bonchev–Trinajstić information content (AvgIpc) is 2.94. The third kappa shape index (κ3) is 2.26. The summed E-state index contributed by atoms with van der Waals surface area (Å²) in [4.78, 5) is 9.68. The van der Waals surface area contributed by atoms with Crippen molar-refractivity contribution < 1.29 is 9.50 Å². The Kier molecular flexibility index (Phi) is 2.86. The van der Waals surface area contributed by atoms with E-state index in [1.165, 1.54) is 6.20 Å². The summed E-state index contributed by atoms with van der Waals surface area (Å²) in [5, 5.41) is 20.8. The highest BCUT2D eigenvalue weighted by Crippen LogP contribution is 2.30. The SMILES string of the molecule is O[C@@]1(c2cn[nH]n2)CCCN(c2ncc(F)cn2)C1. The number of halogens is 1. The third-order valence-electron chi connectivity index (χ3n) is 3.25. The fourth-order valence-corrected chi connectivity index (χ4v) is 2.31. The van der Waals surface area contributed by atoms with E-state index in [4.69, 9.17) is 0 Å². The molecule has 100 valence electrons. The summed E-state index contributed by atoms with van der Waals surface area (Å²) in [6.07, 6.45) is 5.11. The maximum Gasteiger partial charge on any atom is 0.225 e. The molecule has 0 unspecified atom stereocenters. The summed E-state index contributed by atoms with van der Waals surface area (Å²) in [6, 6.07) is 0. The first-order valence-electron chi connectivity index (χ1n) is 5.98. The zero-order valence-electron chi connectivity index (χ0n) is 10.1. The molecular weight excluding hydrogens is 251 g/mol. The van der Waals surface area contributed by atoms with Gasteiger partial charge in [0.05, 0.1) is 25.1 Å². The van der Waals surface area contributed by atoms with Crippen LogP contribution in [0.4, 0.5) is 10.3 Å². The summed E-state index contributed by atoms with van der Waals surface area (Å²) in [5.74, 6) is -0.0736. The lowest BCUT2D eigenvalue weighted by Gasteiger charge is -2.37. The molecule has 0 aromatic carbocycles. The van der Waals surface area contributed by atoms with Crippen molar-refractivity contribution in [1.29, 1.82) is 0 Å². The van der Waals surface area contributed by atoms with Crippen molar-refractivity contribution in [2.75, 3.05) is 18.0 Å². The van der Waals surface area contributed by atoms with Crippen molar-refractivity contribution >= 4 is 5.95 Å². The highest BCUT2D eigenvalue weighted by atomic mass is 19.1. The molecule has 2 aromatic rings. The van der Waals surface area contributed by atoms with Crippen LogP contribution in [0.25, 0.3) is 0 Å². The van der Waals surface area contributed by atoms with Crippen LogP contribution in [0.3, 0.4) is 0 Å². The van der Waals surface area contributed by atoms with Crippen molar-refractivity contribution in [2.24, 2.45) is 0 Å². The molecule has 0 radical (unpaired) electrons. The van der Waals surface area contributed by atoms with E-state index in [1.54, 1.807) is 0 Å². The third-order valence-corrected chi connectivity index (χ3v) is 3.25. The van der Waals surface area contributed by atoms with E-state index in [0.29, 0.717) is 31.2 Å². The number of hydrogen-bond donors (Lipinski definition) is 2. The summed E-state index contributed by atoms with van der Waals surface area (Å²) >= 11 is 0. The standard InChI is InChI=1S/C11H13FN6O/c12-8-4-13-10(14-5-8)18-3-1-2-11(19,7-18)9-6-15-17-16-9/h4-6,19H,1-3,7H2,(H,15,16,17)/t11-/m0/s1. The largest absolute Gasteiger partial charge is 0.382 e. The summed E-state index contributed by atoms with van der Waals surface area (Å²) < 4.78 is 12.8. The van der Waals surface area contributed by atoms with Crippen molar-refractivity contribution in [3.05, 3.63) is 30.1 Å². The minimum atomic E-state index is -1.08. The Labute approximate surface area is 108 Å². The molecule has 2 aromatic heterocycles. The van der Waals surface area contributed by atoms with Crippen LogP contribution in [0.5, 0.6) is 0 Å². The van der Waals surface area contributed by atoms with Gasteiger partial charge in [-0.2, -0.15) is 15.4 Å². The van der Waals surface area contributed by atoms with Crippen molar-refractivity contribution in [2.45, 2.75) is 18.4 Å². The minimum absolute atomic E-state index is 0.311. The van der Waals surface area contributed by atoms with Crippen LogP contribution in [0.15, 0.2) is 18.6 Å². The van der Waals surface area contributed by atoms with Gasteiger partial charge in [0.15, 0.2) is 5.82 Å². The zero-order valence-corrected chi connectivity index (χ0v) is 10.1. The van der Waals surface area contributed by atoms with Gasteiger partial charge >= 0.3 is 0 Å². The summed E-state index contributed by atoms with van der Waals surface area (Å²) in [7, 11) is 0. The lowest BCUT2D eigenvalue weighted by molar-refractivity contribution is 0.0172. The molecule has 1 saturated heterocycles. The Balaban J connectivity index is 1.83. The maximum absolute atomic E-state index is 12.8. The Morgan fingerprint density at radius 1 is 1.32 bits per heavy atom. The van der Waals surface area contributed by atoms with Gasteiger partial charge in [0.25, 0.3) is 0 Å². The van der Waals surface area contributed by atoms with Gasteiger partial charge in [-0.3, -0.25) is 0 Å². The first-order valence-corrected chi connectivity index (χ1v) is 5.98. The zero-order chi connectivity index (χ0) is 13.3. The molecule has 1 aliphatic rings. The molecule has 8 heteroatoms. The van der Waals surface area contributed by atoms with Crippen molar-refractivity contribution in [3.8, 4) is 0 Å². The van der Waals surface area contributed by atoms with E-state index in [0.717, 1.165) is 18.8 Å². The quantitative estimate of drug-likeness (QED) is 0.806. The van der Waals surface area contributed by atoms with Crippen LogP contribution < -0.4 is 4.90 Å². The highest BCUT2D eigenvalue weighted by Gasteiger charge is 2.37. The van der Waals surface area contributed by atoms with E-state index in [1.807, 2.05) is 4.90 Å². The normalized spacial score (nSPS) is 23.6. The summed E-state index contributed by atoms with van der Waals surface area (Å²) in [6.45, 7) is 1.02. The number of nitrogens with one attached hydrogen (secondary N) is 1. The Bertz CT molecular complexity index is 545. The molecular formula is C11H13FN6O. The van der Waals surface area contributed by atoms with Crippen molar-refractivity contribution in [3.63, 3.8) is 0 Å². The predicted molar refractivity (Wildman–Crippen MR) is 63.7 cm³/mol. The van der Waals surface area contributed by atoms with E-state index >= 15 is 0 Å². The Morgan fingerprint density at radius 2 is 2.11 bits per heavy atom. The lowest BCUT2D eigenvalue weighted by atomic mass is 9.90. The maximum atomic E-state index is 12.8. The molecule has 0 saturated carbocycles. The number of aliphatic hydroxyl groups is 1. The highest BCUT2D eigenvalue weighted by molar-refractivity contribution is 5.32. The van der Waals surface area contributed by atoms with E-state index < -0.39 is 11.4 Å². The van der Waals surface area contributed by atoms with Gasteiger partial charge in [0.2, 0.25) is 5.95 Å². The van der Waals surface area contributed by atoms with Crippen LogP contribution in [-0.4, -0.2) is 43.6 Å². The van der Waals surface area contributed by atoms with E-state index in [9.17, 15) is 9.50 Å². The molecule has 7 nitrogen and oxygen atoms in total. The number of aromatic amines is 1. The predicted octanol–water partition coefficient (Wildman–Crippen LogP) is 0.222. The topological polar surface area (TPSA) is 90.8 Å². The van der Waals surface area contributed by atoms with Crippen LogP contribution in [0.2, 0.25) is 0 Å². The fraction of sp³-hybridized carbons (Fsp3) is 0.455. The molecule has 3 heterocycles. The van der Waals surface area contributed by atoms with Gasteiger partial charge in [-0.25, -0.2) is 14.4 Å². The number of β-amino-alcohol motifs (C(OH)–C–C–N with tert-alkyl or cyclic N) is 1. The second kappa shape index (κ2) is 4.54. The van der Waals surface area contributed by atoms with Gasteiger partial charge in [-0.05, 0) is 12.8 Å². The fourth-order valence-electron chi connectivity index (χ4n) is 2.31. The molecule has 0 spiro atoms. The second-order valence-corrected chi connectivity index (χ2v) is 4.61. The van der Waals surface area contributed by atoms with E-state index in [2.05, 4.69) is 25.4 Å². The van der Waals surface area contributed by atoms with Crippen LogP contribution in [-0.2, 0) is 5.60 Å². The first kappa shape index (κ1) is 12.0. The number of aromatic nitrogens is 5. The van der Waals surface area contributed by atoms with Gasteiger partial charge in [0, 0.05) is 6.54 Å². The number of nitrogens with zero attached hydrogens (tertiary/aromatic N) is 5. The molecule has 1 atom stereocenters. The number of H-pyrrole nitrogens is 1. The number of piperidine rings is 1. The molecule has 2 N–H and O–H groups in total. The number of hydrogen-bond acceptors (Lipinski definition) is 6. The van der Waals surface area contributed by atoms with Crippen LogP contribution >= 0.6 is 0 Å². The van der Waals surface area contributed by atoms with Gasteiger partial charge in [0.1, 0.15) is 11.3 Å². The van der Waals surface area contributed by atoms with Gasteiger partial charge in [-0.15, -0.1) is 0 Å². The smallest absolute Gasteiger partial charge is 0.225 e. The molecule has 1 fully saturated rings. The monoisotopic (exact) mass is 264 g/mol. The van der Waals surface area contributed by atoms with Gasteiger partial charge < -0.3 is 10.0 Å². The molecule has 0 amide bonds. The minimum Gasteiger partial charge on any atom is -0.382 e. The molecule has 0 aliphatic carbocycles. The van der Waals surface area contributed by atoms with Crippen LogP contribution in [0, 0.1) is 5.82 Å². The number of rotatable bonds is 2. The Morgan fingerprint density at radius 3 is 2.79 bits per heavy atom. The lowest BCUT2D eigenvalue weighted by Crippen LogP contribution is -2.47. The Hall–Kier alpha value is -2.09. The average molecular weight is 264 g/mol. The first-order chi connectivity index (χ1) is 9.17. The molecule has 1 aliphatic heterocycles. The number of anilines is 1. The molecule has 0 bridgehead atoms. The van der Waals surface area contributed by atoms with Crippen molar-refractivity contribution in [1.82, 2.24) is 25.4 Å². The van der Waals surface area contributed by atoms with E-state index in [-0.39, 0.29) is 0 Å². The van der Waals surface area contributed by atoms with Gasteiger partial charge in [-0.1, -0.05) is 0 Å². The van der Waals surface area contributed by atoms with Crippen LogP contribution in [0.1, 0.15) is 18.5 Å². The molecule has 19 heavy (non-hydrogen) atoms. The summed E-state index contributed by atoms with van der Waals surface area (Å²) in [5.41, 5.74) is -0.581.